The van der Waals surface area contributed by atoms with E-state index in [1.54, 1.807) is 0 Å². The average molecular weight is 436 g/mol. The van der Waals surface area contributed by atoms with Gasteiger partial charge in [0, 0.05) is 24.0 Å². The van der Waals surface area contributed by atoms with Crippen LogP contribution >= 0.6 is 0 Å². The van der Waals surface area contributed by atoms with Gasteiger partial charge >= 0.3 is 0 Å². The van der Waals surface area contributed by atoms with Gasteiger partial charge in [-0.2, -0.15) is 4.98 Å². The number of benzene rings is 1. The lowest BCUT2D eigenvalue weighted by Crippen LogP contribution is -2.25. The lowest BCUT2D eigenvalue weighted by Gasteiger charge is -2.19. The van der Waals surface area contributed by atoms with Gasteiger partial charge in [0.05, 0.1) is 6.04 Å². The van der Waals surface area contributed by atoms with Gasteiger partial charge in [-0.25, -0.2) is 4.98 Å². The molecule has 0 bridgehead atoms. The number of ether oxygens (including phenoxy) is 3. The van der Waals surface area contributed by atoms with Crippen molar-refractivity contribution < 1.29 is 14.2 Å². The van der Waals surface area contributed by atoms with Gasteiger partial charge in [-0.3, -0.25) is 4.90 Å². The van der Waals surface area contributed by atoms with Crippen molar-refractivity contribution in [1.82, 2.24) is 14.9 Å². The van der Waals surface area contributed by atoms with Crippen LogP contribution in [0.3, 0.4) is 0 Å². The third-order valence-corrected chi connectivity index (χ3v) is 5.86. The summed E-state index contributed by atoms with van der Waals surface area (Å²) in [6, 6.07) is 8.00. The van der Waals surface area contributed by atoms with E-state index in [1.165, 1.54) is 25.9 Å². The zero-order chi connectivity index (χ0) is 21.8. The minimum Gasteiger partial charge on any atom is -0.492 e. The van der Waals surface area contributed by atoms with Crippen LogP contribution in [-0.4, -0.2) is 53.9 Å². The van der Waals surface area contributed by atoms with Crippen LogP contribution < -0.4 is 15.4 Å². The lowest BCUT2D eigenvalue weighted by molar-refractivity contribution is 0.0977. The van der Waals surface area contributed by atoms with Crippen molar-refractivity contribution in [2.24, 2.45) is 0 Å². The number of nitrogens with zero attached hydrogens (tertiary/aromatic N) is 3. The van der Waals surface area contributed by atoms with Crippen LogP contribution in [0.4, 0.5) is 17.5 Å². The molecule has 1 aromatic heterocycles. The Labute approximate surface area is 188 Å². The van der Waals surface area contributed by atoms with Gasteiger partial charge in [-0.1, -0.05) is 0 Å². The SMILES string of the molecule is Cc1cnc(Nc2ccc(OCCN3CCCC3)cc2)nc1NC1C=C2OCOC2=CC1. The van der Waals surface area contributed by atoms with E-state index in [0.29, 0.717) is 12.6 Å². The summed E-state index contributed by atoms with van der Waals surface area (Å²) in [4.78, 5) is 11.5. The topological polar surface area (TPSA) is 80.8 Å². The molecule has 3 heterocycles. The molecule has 0 saturated carbocycles. The number of fused-ring (bicyclic) bond motifs is 1. The number of hydrogen-bond acceptors (Lipinski definition) is 8. The third kappa shape index (κ3) is 4.96. The Kier molecular flexibility index (Phi) is 6.11. The van der Waals surface area contributed by atoms with Gasteiger partial charge in [0.15, 0.2) is 11.5 Å². The highest BCUT2D eigenvalue weighted by molar-refractivity contribution is 5.57. The quantitative estimate of drug-likeness (QED) is 0.645. The molecule has 1 aromatic carbocycles. The highest BCUT2D eigenvalue weighted by atomic mass is 16.7. The highest BCUT2D eigenvalue weighted by Gasteiger charge is 2.23. The van der Waals surface area contributed by atoms with E-state index in [2.05, 4.69) is 25.5 Å². The van der Waals surface area contributed by atoms with E-state index in [-0.39, 0.29) is 12.8 Å². The van der Waals surface area contributed by atoms with E-state index in [4.69, 9.17) is 14.2 Å². The largest absolute Gasteiger partial charge is 0.492 e. The first-order valence-corrected chi connectivity index (χ1v) is 11.2. The van der Waals surface area contributed by atoms with Crippen LogP contribution in [0, 0.1) is 6.92 Å². The van der Waals surface area contributed by atoms with Gasteiger partial charge in [-0.15, -0.1) is 0 Å². The molecule has 2 saturated heterocycles. The Hall–Kier alpha value is -3.26. The zero-order valence-corrected chi connectivity index (χ0v) is 18.3. The minimum atomic E-state index is 0.0916. The molecule has 2 aliphatic heterocycles. The molecule has 2 fully saturated rings. The molecule has 3 aliphatic rings. The summed E-state index contributed by atoms with van der Waals surface area (Å²) in [7, 11) is 0. The summed E-state index contributed by atoms with van der Waals surface area (Å²) in [5, 5.41) is 6.75. The average Bonchev–Trinajstić information content (AvgIpc) is 3.49. The first kappa shape index (κ1) is 20.6. The number of aryl methyl sites for hydroxylation is 1. The van der Waals surface area contributed by atoms with Crippen LogP contribution in [0.1, 0.15) is 24.8 Å². The highest BCUT2D eigenvalue weighted by Crippen LogP contribution is 2.28. The number of nitrogens with one attached hydrogen (secondary N) is 2. The lowest BCUT2D eigenvalue weighted by atomic mass is 10.1. The first-order valence-electron chi connectivity index (χ1n) is 11.2. The number of rotatable bonds is 8. The van der Waals surface area contributed by atoms with Gasteiger partial charge in [0.2, 0.25) is 12.7 Å². The molecule has 0 spiro atoms. The van der Waals surface area contributed by atoms with Crippen molar-refractivity contribution in [3.63, 3.8) is 0 Å². The van der Waals surface area contributed by atoms with Crippen LogP contribution in [0.5, 0.6) is 5.75 Å². The summed E-state index contributed by atoms with van der Waals surface area (Å²) < 4.78 is 16.8. The molecule has 8 heteroatoms. The Bertz CT molecular complexity index is 999. The third-order valence-electron chi connectivity index (χ3n) is 5.86. The maximum atomic E-state index is 5.88. The second kappa shape index (κ2) is 9.48. The monoisotopic (exact) mass is 435 g/mol. The first-order chi connectivity index (χ1) is 15.7. The van der Waals surface area contributed by atoms with Crippen LogP contribution in [-0.2, 0) is 9.47 Å². The maximum absolute atomic E-state index is 5.88. The second-order valence-electron chi connectivity index (χ2n) is 8.26. The summed E-state index contributed by atoms with van der Waals surface area (Å²) in [6.07, 6.45) is 9.33. The standard InChI is InChI=1S/C24H29N5O3/c1-17-15-25-24(28-23(17)26-19-6-9-21-22(14-19)32-16-31-21)27-18-4-7-20(8-5-18)30-13-12-29-10-2-3-11-29/h4-5,7-9,14-15,19H,2-3,6,10-13,16H2,1H3,(H2,25,26,27,28). The Balaban J connectivity index is 1.17. The second-order valence-corrected chi connectivity index (χ2v) is 8.26. The van der Waals surface area contributed by atoms with E-state index in [9.17, 15) is 0 Å². The fourth-order valence-corrected chi connectivity index (χ4v) is 4.06. The fourth-order valence-electron chi connectivity index (χ4n) is 4.06. The van der Waals surface area contributed by atoms with Gasteiger partial charge in [0.1, 0.15) is 18.2 Å². The van der Waals surface area contributed by atoms with Crippen LogP contribution in [0.15, 0.2) is 54.1 Å². The predicted molar refractivity (Wildman–Crippen MR) is 123 cm³/mol. The predicted octanol–water partition coefficient (Wildman–Crippen LogP) is 3.96. The summed E-state index contributed by atoms with van der Waals surface area (Å²) in [5.74, 6) is 3.83. The molecular formula is C24H29N5O3. The molecule has 1 atom stereocenters. The Morgan fingerprint density at radius 2 is 1.94 bits per heavy atom. The summed E-state index contributed by atoms with van der Waals surface area (Å²) in [6.45, 7) is 6.37. The molecule has 2 aromatic rings. The van der Waals surface area contributed by atoms with Crippen molar-refractivity contribution >= 4 is 17.5 Å². The molecule has 1 unspecified atom stereocenters. The summed E-state index contributed by atoms with van der Waals surface area (Å²) in [5.41, 5.74) is 1.89. The number of aromatic nitrogens is 2. The van der Waals surface area contributed by atoms with Crippen molar-refractivity contribution in [2.45, 2.75) is 32.2 Å². The van der Waals surface area contributed by atoms with Gasteiger partial charge in [-0.05, 0) is 75.7 Å². The van der Waals surface area contributed by atoms with Crippen molar-refractivity contribution in [1.29, 1.82) is 0 Å². The van der Waals surface area contributed by atoms with Crippen LogP contribution in [0.25, 0.3) is 0 Å². The van der Waals surface area contributed by atoms with Crippen molar-refractivity contribution in [2.75, 3.05) is 43.7 Å². The molecule has 5 rings (SSSR count). The van der Waals surface area contributed by atoms with E-state index in [0.717, 1.165) is 47.3 Å². The van der Waals surface area contributed by atoms with E-state index >= 15 is 0 Å². The molecule has 168 valence electrons. The normalized spacial score (nSPS) is 20.0. The van der Waals surface area contributed by atoms with Gasteiger partial charge in [0.25, 0.3) is 0 Å². The molecular weight excluding hydrogens is 406 g/mol. The molecule has 0 amide bonds. The molecule has 0 radical (unpaired) electrons. The minimum absolute atomic E-state index is 0.0916. The molecule has 8 nitrogen and oxygen atoms in total. The number of likely N-dealkylation sites (tertiary alicyclic amines) is 1. The van der Waals surface area contributed by atoms with E-state index in [1.807, 2.05) is 49.5 Å². The Morgan fingerprint density at radius 3 is 2.78 bits per heavy atom. The van der Waals surface area contributed by atoms with E-state index < -0.39 is 0 Å². The van der Waals surface area contributed by atoms with Crippen molar-refractivity contribution in [3.8, 4) is 5.75 Å². The molecule has 2 N–H and O–H groups in total. The number of anilines is 3. The fraction of sp³-hybridized carbons (Fsp3) is 0.417. The molecule has 32 heavy (non-hydrogen) atoms. The summed E-state index contributed by atoms with van der Waals surface area (Å²) >= 11 is 0. The zero-order valence-electron chi connectivity index (χ0n) is 18.3. The van der Waals surface area contributed by atoms with Crippen LogP contribution in [0.2, 0.25) is 0 Å². The smallest absolute Gasteiger partial charge is 0.231 e. The van der Waals surface area contributed by atoms with Gasteiger partial charge < -0.3 is 24.8 Å². The maximum Gasteiger partial charge on any atom is 0.231 e. The Morgan fingerprint density at radius 1 is 1.12 bits per heavy atom. The molecule has 1 aliphatic carbocycles. The van der Waals surface area contributed by atoms with Crippen molar-refractivity contribution in [3.05, 3.63) is 59.7 Å². The number of hydrogen-bond donors (Lipinski definition) is 2.